The summed E-state index contributed by atoms with van der Waals surface area (Å²) in [5, 5.41) is 11.0. The van der Waals surface area contributed by atoms with Gasteiger partial charge in [0.1, 0.15) is 0 Å². The summed E-state index contributed by atoms with van der Waals surface area (Å²) in [4.78, 5) is 28.6. The zero-order valence-electron chi connectivity index (χ0n) is 11.9. The largest absolute Gasteiger partial charge is 0.476 e. The minimum atomic E-state index is -4.56. The first-order valence-corrected chi connectivity index (χ1v) is 6.54. The second kappa shape index (κ2) is 6.69. The van der Waals surface area contributed by atoms with Gasteiger partial charge in [-0.1, -0.05) is 12.1 Å². The normalized spacial score (nSPS) is 12.7. The average Bonchev–Trinajstić information content (AvgIpc) is 3.00. The van der Waals surface area contributed by atoms with Gasteiger partial charge in [0.2, 0.25) is 6.17 Å². The van der Waals surface area contributed by atoms with Crippen molar-refractivity contribution in [1.82, 2.24) is 15.3 Å². The number of aromatic nitrogens is 2. The fraction of sp³-hybridized carbons (Fsp3) is 0.214. The van der Waals surface area contributed by atoms with Gasteiger partial charge in [-0.05, 0) is 17.7 Å². The van der Waals surface area contributed by atoms with Crippen LogP contribution in [0.3, 0.4) is 0 Å². The van der Waals surface area contributed by atoms with E-state index in [0.29, 0.717) is 12.1 Å². The Morgan fingerprint density at radius 2 is 1.88 bits per heavy atom. The van der Waals surface area contributed by atoms with Gasteiger partial charge in [-0.2, -0.15) is 13.2 Å². The molecule has 0 saturated heterocycles. The van der Waals surface area contributed by atoms with Gasteiger partial charge < -0.3 is 15.4 Å². The molecule has 3 N–H and O–H groups in total. The van der Waals surface area contributed by atoms with Gasteiger partial charge in [0, 0.05) is 0 Å². The fourth-order valence-corrected chi connectivity index (χ4v) is 1.90. The second-order valence-corrected chi connectivity index (χ2v) is 4.73. The number of aromatic carboxylic acids is 1. The third-order valence-electron chi connectivity index (χ3n) is 3.12. The van der Waals surface area contributed by atoms with Crippen LogP contribution in [0.4, 0.5) is 17.6 Å². The van der Waals surface area contributed by atoms with Crippen molar-refractivity contribution in [2.45, 2.75) is 18.9 Å². The van der Waals surface area contributed by atoms with E-state index in [9.17, 15) is 27.2 Å². The number of carbonyl (C=O) groups is 2. The van der Waals surface area contributed by atoms with Crippen LogP contribution in [0.15, 0.2) is 30.6 Å². The number of nitrogens with zero attached hydrogens (tertiary/aromatic N) is 1. The number of nitrogens with one attached hydrogen (secondary N) is 2. The molecule has 10 heteroatoms. The van der Waals surface area contributed by atoms with Gasteiger partial charge in [0.15, 0.2) is 5.69 Å². The highest BCUT2D eigenvalue weighted by molar-refractivity contribution is 5.87. The molecule has 0 saturated carbocycles. The van der Waals surface area contributed by atoms with Crippen molar-refractivity contribution in [3.63, 3.8) is 0 Å². The van der Waals surface area contributed by atoms with Crippen molar-refractivity contribution in [3.05, 3.63) is 53.1 Å². The summed E-state index contributed by atoms with van der Waals surface area (Å²) in [6.07, 6.45) is -5.64. The molecule has 1 aromatic heterocycles. The number of carboxylic acid groups (broad SMARTS) is 1. The lowest BCUT2D eigenvalue weighted by molar-refractivity contribution is -0.137. The Labute approximate surface area is 132 Å². The third-order valence-corrected chi connectivity index (χ3v) is 3.12. The molecule has 0 spiro atoms. The van der Waals surface area contributed by atoms with E-state index in [1.807, 2.05) is 0 Å². The lowest BCUT2D eigenvalue weighted by Gasteiger charge is -2.11. The number of benzene rings is 1. The summed E-state index contributed by atoms with van der Waals surface area (Å²) in [5.41, 5.74) is -1.46. The number of carboxylic acids is 1. The van der Waals surface area contributed by atoms with Crippen LogP contribution in [-0.2, 0) is 17.5 Å². The molecule has 0 aliphatic heterocycles. The van der Waals surface area contributed by atoms with Crippen molar-refractivity contribution in [1.29, 1.82) is 0 Å². The van der Waals surface area contributed by atoms with Crippen LogP contribution in [-0.4, -0.2) is 27.0 Å². The monoisotopic (exact) mass is 345 g/mol. The van der Waals surface area contributed by atoms with E-state index in [0.717, 1.165) is 18.5 Å². The molecule has 1 atom stereocenters. The predicted molar refractivity (Wildman–Crippen MR) is 72.7 cm³/mol. The molecule has 1 heterocycles. The smallest absolute Gasteiger partial charge is 0.416 e. The quantitative estimate of drug-likeness (QED) is 0.726. The fourth-order valence-electron chi connectivity index (χ4n) is 1.90. The lowest BCUT2D eigenvalue weighted by Crippen LogP contribution is -2.27. The molecule has 2 aromatic rings. The Hall–Kier alpha value is -2.91. The Morgan fingerprint density at radius 3 is 2.42 bits per heavy atom. The van der Waals surface area contributed by atoms with Crippen LogP contribution < -0.4 is 5.32 Å². The number of H-pyrrole nitrogens is 1. The Kier molecular flexibility index (Phi) is 4.86. The Balaban J connectivity index is 2.02. The SMILES string of the molecule is O=C(O)c1nc[nH]c1CNC(=O)C(F)c1ccc(C(F)(F)F)cc1. The first-order chi connectivity index (χ1) is 11.2. The standard InChI is InChI=1S/C14H11F4N3O3/c15-10(7-1-3-8(4-2-7)14(16,17)18)12(22)19-5-9-11(13(23)24)21-6-20-9/h1-4,6,10H,5H2,(H,19,22)(H,20,21)(H,23,24). The topological polar surface area (TPSA) is 95.1 Å². The number of hydrogen-bond acceptors (Lipinski definition) is 3. The molecule has 0 bridgehead atoms. The van der Waals surface area contributed by atoms with E-state index in [1.165, 1.54) is 0 Å². The number of hydrogen-bond donors (Lipinski definition) is 3. The molecule has 0 radical (unpaired) electrons. The summed E-state index contributed by atoms with van der Waals surface area (Å²) < 4.78 is 51.3. The molecule has 24 heavy (non-hydrogen) atoms. The number of aromatic amines is 1. The molecule has 0 fully saturated rings. The molecular weight excluding hydrogens is 334 g/mol. The van der Waals surface area contributed by atoms with Gasteiger partial charge in [-0.3, -0.25) is 4.79 Å². The molecule has 6 nitrogen and oxygen atoms in total. The molecule has 1 unspecified atom stereocenters. The zero-order chi connectivity index (χ0) is 17.9. The van der Waals surface area contributed by atoms with E-state index in [-0.39, 0.29) is 23.5 Å². The Bertz CT molecular complexity index is 740. The maximum Gasteiger partial charge on any atom is 0.416 e. The van der Waals surface area contributed by atoms with Crippen LogP contribution in [0, 0.1) is 0 Å². The molecule has 128 valence electrons. The van der Waals surface area contributed by atoms with Crippen LogP contribution in [0.1, 0.15) is 33.5 Å². The summed E-state index contributed by atoms with van der Waals surface area (Å²) in [7, 11) is 0. The first kappa shape index (κ1) is 17.4. The number of alkyl halides is 4. The number of carbonyl (C=O) groups excluding carboxylic acids is 1. The minimum absolute atomic E-state index is 0.0652. The number of imidazole rings is 1. The highest BCUT2D eigenvalue weighted by Gasteiger charge is 2.30. The van der Waals surface area contributed by atoms with Gasteiger partial charge in [0.05, 0.1) is 24.1 Å². The van der Waals surface area contributed by atoms with Crippen molar-refractivity contribution < 1.29 is 32.3 Å². The highest BCUT2D eigenvalue weighted by atomic mass is 19.4. The molecule has 0 aliphatic rings. The number of halogens is 4. The molecular formula is C14H11F4N3O3. The summed E-state index contributed by atoms with van der Waals surface area (Å²) in [6, 6.07) is 3.08. The van der Waals surface area contributed by atoms with Crippen LogP contribution in [0.2, 0.25) is 0 Å². The maximum absolute atomic E-state index is 14.0. The summed E-state index contributed by atoms with van der Waals surface area (Å²) in [5.74, 6) is -2.43. The maximum atomic E-state index is 14.0. The van der Waals surface area contributed by atoms with E-state index in [4.69, 9.17) is 5.11 Å². The van der Waals surface area contributed by atoms with E-state index in [2.05, 4.69) is 15.3 Å². The zero-order valence-corrected chi connectivity index (χ0v) is 11.9. The van der Waals surface area contributed by atoms with Crippen LogP contribution >= 0.6 is 0 Å². The number of rotatable bonds is 5. The van der Waals surface area contributed by atoms with Crippen molar-refractivity contribution in [3.8, 4) is 0 Å². The van der Waals surface area contributed by atoms with Crippen LogP contribution in [0.5, 0.6) is 0 Å². The third kappa shape index (κ3) is 3.89. The first-order valence-electron chi connectivity index (χ1n) is 6.54. The van der Waals surface area contributed by atoms with E-state index >= 15 is 0 Å². The summed E-state index contributed by atoms with van der Waals surface area (Å²) >= 11 is 0. The van der Waals surface area contributed by atoms with Crippen molar-refractivity contribution in [2.24, 2.45) is 0 Å². The molecule has 0 aliphatic carbocycles. The molecule has 2 rings (SSSR count). The molecule has 1 amide bonds. The molecule has 1 aromatic carbocycles. The average molecular weight is 345 g/mol. The van der Waals surface area contributed by atoms with E-state index in [1.54, 1.807) is 0 Å². The summed E-state index contributed by atoms with van der Waals surface area (Å²) in [6.45, 7) is -0.318. The highest BCUT2D eigenvalue weighted by Crippen LogP contribution is 2.30. The van der Waals surface area contributed by atoms with Crippen LogP contribution in [0.25, 0.3) is 0 Å². The van der Waals surface area contributed by atoms with E-state index < -0.39 is 29.8 Å². The van der Waals surface area contributed by atoms with Gasteiger partial charge >= 0.3 is 12.1 Å². The van der Waals surface area contributed by atoms with Gasteiger partial charge in [0.25, 0.3) is 5.91 Å². The van der Waals surface area contributed by atoms with Crippen molar-refractivity contribution >= 4 is 11.9 Å². The van der Waals surface area contributed by atoms with Crippen molar-refractivity contribution in [2.75, 3.05) is 0 Å². The Morgan fingerprint density at radius 1 is 1.25 bits per heavy atom. The van der Waals surface area contributed by atoms with Gasteiger partial charge in [-0.25, -0.2) is 14.2 Å². The van der Waals surface area contributed by atoms with Gasteiger partial charge in [-0.15, -0.1) is 0 Å². The minimum Gasteiger partial charge on any atom is -0.476 e. The number of amides is 1. The second-order valence-electron chi connectivity index (χ2n) is 4.73. The lowest BCUT2D eigenvalue weighted by atomic mass is 10.1. The predicted octanol–water partition coefficient (Wildman–Crippen LogP) is 2.45.